The Balaban J connectivity index is 1.51. The van der Waals surface area contributed by atoms with E-state index in [4.69, 9.17) is 4.74 Å². The van der Waals surface area contributed by atoms with Crippen LogP contribution in [0.2, 0.25) is 0 Å². The number of para-hydroxylation sites is 2. The number of hydrogen-bond acceptors (Lipinski definition) is 4. The number of benzene rings is 3. The molecule has 174 valence electrons. The highest BCUT2D eigenvalue weighted by atomic mass is 19.1. The monoisotopic (exact) mass is 456 g/mol. The van der Waals surface area contributed by atoms with Crippen molar-refractivity contribution in [2.45, 2.75) is 38.6 Å². The molecule has 1 aliphatic carbocycles. The number of allylic oxidation sites excluding steroid dienone is 1. The number of fused-ring (bicyclic) bond motifs is 1. The Hall–Kier alpha value is -3.60. The number of ether oxygens (including phenoxy) is 1. The van der Waals surface area contributed by atoms with Gasteiger partial charge in [-0.25, -0.2) is 4.39 Å². The Morgan fingerprint density at radius 3 is 2.29 bits per heavy atom. The maximum atomic E-state index is 13.6. The molecule has 0 spiro atoms. The van der Waals surface area contributed by atoms with Gasteiger partial charge in [-0.15, -0.1) is 0 Å². The number of carbonyl (C=O) groups is 1. The quantitative estimate of drug-likeness (QED) is 0.441. The minimum Gasteiger partial charge on any atom is -0.493 e. The lowest BCUT2D eigenvalue weighted by Gasteiger charge is -2.30. The first-order valence-corrected chi connectivity index (χ1v) is 11.8. The fourth-order valence-corrected chi connectivity index (χ4v) is 4.73. The van der Waals surface area contributed by atoms with E-state index in [0.717, 1.165) is 39.5 Å². The van der Waals surface area contributed by atoms with Gasteiger partial charge >= 0.3 is 0 Å². The van der Waals surface area contributed by atoms with Gasteiger partial charge in [-0.2, -0.15) is 0 Å². The van der Waals surface area contributed by atoms with Gasteiger partial charge in [0, 0.05) is 17.7 Å². The average molecular weight is 457 g/mol. The van der Waals surface area contributed by atoms with Crippen LogP contribution in [0.5, 0.6) is 5.75 Å². The summed E-state index contributed by atoms with van der Waals surface area (Å²) in [5.74, 6) is 1.13. The summed E-state index contributed by atoms with van der Waals surface area (Å²) >= 11 is 0. The minimum atomic E-state index is -0.271. The van der Waals surface area contributed by atoms with E-state index < -0.39 is 0 Å². The van der Waals surface area contributed by atoms with Gasteiger partial charge in [0.2, 0.25) is 0 Å². The summed E-state index contributed by atoms with van der Waals surface area (Å²) in [6, 6.07) is 22.3. The lowest BCUT2D eigenvalue weighted by atomic mass is 9.78. The van der Waals surface area contributed by atoms with Gasteiger partial charge < -0.3 is 15.4 Å². The summed E-state index contributed by atoms with van der Waals surface area (Å²) in [4.78, 5) is 13.6. The fraction of sp³-hybridized carbons (Fsp3) is 0.276. The molecule has 1 aliphatic heterocycles. The molecular formula is C29H29FN2O2. The van der Waals surface area contributed by atoms with Crippen molar-refractivity contribution in [1.82, 2.24) is 0 Å². The number of hydrogen-bond donors (Lipinski definition) is 2. The van der Waals surface area contributed by atoms with Gasteiger partial charge in [-0.3, -0.25) is 4.79 Å². The van der Waals surface area contributed by atoms with E-state index in [0.29, 0.717) is 25.4 Å². The van der Waals surface area contributed by atoms with Crippen molar-refractivity contribution in [2.24, 2.45) is 5.92 Å². The number of carbonyl (C=O) groups excluding carboxylic acids is 1. The Morgan fingerprint density at radius 2 is 1.59 bits per heavy atom. The van der Waals surface area contributed by atoms with Crippen molar-refractivity contribution >= 4 is 17.2 Å². The lowest BCUT2D eigenvalue weighted by molar-refractivity contribution is -0.116. The third kappa shape index (κ3) is 4.56. The van der Waals surface area contributed by atoms with Crippen LogP contribution in [0, 0.1) is 11.7 Å². The molecule has 3 aromatic carbocycles. The van der Waals surface area contributed by atoms with Crippen LogP contribution in [0.25, 0.3) is 0 Å². The number of halogens is 1. The second-order valence-electron chi connectivity index (χ2n) is 9.49. The van der Waals surface area contributed by atoms with Crippen molar-refractivity contribution in [3.8, 4) is 5.75 Å². The molecule has 2 N–H and O–H groups in total. The normalized spacial score (nSPS) is 19.6. The number of rotatable bonds is 5. The topological polar surface area (TPSA) is 50.4 Å². The van der Waals surface area contributed by atoms with Gasteiger partial charge in [0.1, 0.15) is 11.6 Å². The molecule has 0 radical (unpaired) electrons. The Kier molecular flexibility index (Phi) is 6.10. The van der Waals surface area contributed by atoms with Crippen LogP contribution in [0.4, 0.5) is 15.8 Å². The van der Waals surface area contributed by atoms with Crippen molar-refractivity contribution in [1.29, 1.82) is 0 Å². The highest BCUT2D eigenvalue weighted by Gasteiger charge is 2.36. The smallest absolute Gasteiger partial charge is 0.163 e. The van der Waals surface area contributed by atoms with Crippen LogP contribution in [0.1, 0.15) is 49.8 Å². The van der Waals surface area contributed by atoms with E-state index in [1.54, 1.807) is 12.1 Å². The highest BCUT2D eigenvalue weighted by Crippen LogP contribution is 2.44. The van der Waals surface area contributed by atoms with Crippen LogP contribution >= 0.6 is 0 Å². The molecule has 0 saturated heterocycles. The molecule has 4 nitrogen and oxygen atoms in total. The average Bonchev–Trinajstić information content (AvgIpc) is 3.00. The van der Waals surface area contributed by atoms with Crippen LogP contribution < -0.4 is 15.4 Å². The van der Waals surface area contributed by atoms with Crippen molar-refractivity contribution < 1.29 is 13.9 Å². The van der Waals surface area contributed by atoms with E-state index >= 15 is 0 Å². The molecule has 2 aliphatic rings. The van der Waals surface area contributed by atoms with E-state index in [1.807, 2.05) is 48.5 Å². The second-order valence-corrected chi connectivity index (χ2v) is 9.49. The standard InChI is InChI=1S/C29H29FN2O2/c1-18(2)17-34-23-13-9-20(10-14-23)29-28-26(31-24-5-3-4-6-25(24)32-29)15-21(16-27(28)33)19-7-11-22(30)12-8-19/h3-14,18,21,29,31-32H,15-17H2,1-2H3. The number of anilines is 2. The van der Waals surface area contributed by atoms with Crippen molar-refractivity contribution in [2.75, 3.05) is 17.2 Å². The molecule has 3 aromatic rings. The summed E-state index contributed by atoms with van der Waals surface area (Å²) in [7, 11) is 0. The Labute approximate surface area is 199 Å². The van der Waals surface area contributed by atoms with E-state index in [9.17, 15) is 9.18 Å². The van der Waals surface area contributed by atoms with E-state index in [2.05, 4.69) is 24.5 Å². The first kappa shape index (κ1) is 22.2. The summed E-state index contributed by atoms with van der Waals surface area (Å²) < 4.78 is 19.3. The van der Waals surface area contributed by atoms with Gasteiger partial charge in [-0.1, -0.05) is 50.2 Å². The molecule has 0 fully saturated rings. The predicted molar refractivity (Wildman–Crippen MR) is 134 cm³/mol. The molecule has 5 heteroatoms. The second kappa shape index (κ2) is 9.34. The zero-order chi connectivity index (χ0) is 23.7. The maximum Gasteiger partial charge on any atom is 0.163 e. The summed E-state index contributed by atoms with van der Waals surface area (Å²) in [6.07, 6.45) is 1.09. The zero-order valence-corrected chi connectivity index (χ0v) is 19.5. The minimum absolute atomic E-state index is 0.0112. The first-order valence-electron chi connectivity index (χ1n) is 11.8. The van der Waals surface area contributed by atoms with Gasteiger partial charge in [0.25, 0.3) is 0 Å². The Bertz CT molecular complexity index is 1220. The zero-order valence-electron chi connectivity index (χ0n) is 19.5. The molecule has 0 bridgehead atoms. The number of ketones is 1. The van der Waals surface area contributed by atoms with Crippen LogP contribution in [-0.2, 0) is 4.79 Å². The molecule has 1 heterocycles. The van der Waals surface area contributed by atoms with Gasteiger partial charge in [0.15, 0.2) is 5.78 Å². The van der Waals surface area contributed by atoms with Crippen LogP contribution in [-0.4, -0.2) is 12.4 Å². The summed E-state index contributed by atoms with van der Waals surface area (Å²) in [6.45, 7) is 4.91. The van der Waals surface area contributed by atoms with Crippen LogP contribution in [0.3, 0.4) is 0 Å². The largest absolute Gasteiger partial charge is 0.493 e. The highest BCUT2D eigenvalue weighted by molar-refractivity contribution is 6.01. The van der Waals surface area contributed by atoms with Crippen LogP contribution in [0.15, 0.2) is 84.1 Å². The van der Waals surface area contributed by atoms with Crippen molar-refractivity contribution in [3.05, 3.63) is 101 Å². The molecule has 2 unspecified atom stereocenters. The Morgan fingerprint density at radius 1 is 0.912 bits per heavy atom. The van der Waals surface area contributed by atoms with Gasteiger partial charge in [-0.05, 0) is 65.8 Å². The maximum absolute atomic E-state index is 13.6. The summed E-state index contributed by atoms with van der Waals surface area (Å²) in [5, 5.41) is 7.15. The number of nitrogens with one attached hydrogen (secondary N) is 2. The number of Topliss-reactive ketones (excluding diaryl/α,β-unsaturated/α-hetero) is 1. The molecule has 2 atom stereocenters. The summed E-state index contributed by atoms with van der Waals surface area (Å²) in [5.41, 5.74) is 5.59. The van der Waals surface area contributed by atoms with Gasteiger partial charge in [0.05, 0.1) is 24.0 Å². The molecular weight excluding hydrogens is 427 g/mol. The molecule has 0 saturated carbocycles. The molecule has 5 rings (SSSR count). The first-order chi connectivity index (χ1) is 16.5. The van der Waals surface area contributed by atoms with E-state index in [-0.39, 0.29) is 23.6 Å². The SMILES string of the molecule is CC(C)COc1ccc(C2Nc3ccccc3NC3=C2C(=O)CC(c2ccc(F)cc2)C3)cc1. The van der Waals surface area contributed by atoms with E-state index in [1.165, 1.54) is 12.1 Å². The molecule has 0 amide bonds. The van der Waals surface area contributed by atoms with Crippen molar-refractivity contribution in [3.63, 3.8) is 0 Å². The third-order valence-electron chi connectivity index (χ3n) is 6.45. The predicted octanol–water partition coefficient (Wildman–Crippen LogP) is 6.84. The fourth-order valence-electron chi connectivity index (χ4n) is 4.73. The molecule has 0 aromatic heterocycles. The lowest BCUT2D eigenvalue weighted by Crippen LogP contribution is -2.26. The molecule has 34 heavy (non-hydrogen) atoms. The third-order valence-corrected chi connectivity index (χ3v) is 6.45.